The zero-order valence-corrected chi connectivity index (χ0v) is 11.9. The van der Waals surface area contributed by atoms with E-state index in [0.29, 0.717) is 0 Å². The normalized spacial score (nSPS) is 10.8. The van der Waals surface area contributed by atoms with Crippen LogP contribution in [-0.4, -0.2) is 15.7 Å². The summed E-state index contributed by atoms with van der Waals surface area (Å²) in [7, 11) is 0. The van der Waals surface area contributed by atoms with Crippen LogP contribution < -0.4 is 5.32 Å². The Kier molecular flexibility index (Phi) is 4.48. The molecule has 0 fully saturated rings. The van der Waals surface area contributed by atoms with Crippen molar-refractivity contribution in [3.05, 3.63) is 46.8 Å². The molecule has 0 aliphatic carbocycles. The van der Waals surface area contributed by atoms with Crippen LogP contribution in [0.4, 0.5) is 23.2 Å². The SMILES string of the molecule is Cc1cc(C)n(CCC(=O)Nc2c(F)c(F)cc(F)c2F)n1. The number of nitrogens with zero attached hydrogens (tertiary/aromatic N) is 2. The van der Waals surface area contributed by atoms with Gasteiger partial charge in [-0.05, 0) is 19.9 Å². The number of rotatable bonds is 4. The van der Waals surface area contributed by atoms with Crippen molar-refractivity contribution in [2.75, 3.05) is 5.32 Å². The number of aryl methyl sites for hydroxylation is 3. The van der Waals surface area contributed by atoms with Gasteiger partial charge in [0.1, 0.15) is 5.69 Å². The summed E-state index contributed by atoms with van der Waals surface area (Å²) < 4.78 is 54.4. The highest BCUT2D eigenvalue weighted by Gasteiger charge is 2.20. The van der Waals surface area contributed by atoms with Crippen LogP contribution in [0, 0.1) is 37.1 Å². The number of amides is 1. The van der Waals surface area contributed by atoms with Crippen LogP contribution in [0.1, 0.15) is 17.8 Å². The minimum absolute atomic E-state index is 0.0796. The van der Waals surface area contributed by atoms with E-state index in [1.807, 2.05) is 5.32 Å². The van der Waals surface area contributed by atoms with Crippen molar-refractivity contribution in [1.82, 2.24) is 9.78 Å². The molecule has 1 heterocycles. The molecule has 1 aromatic heterocycles. The highest BCUT2D eigenvalue weighted by Crippen LogP contribution is 2.24. The Morgan fingerprint density at radius 2 is 1.73 bits per heavy atom. The number of benzene rings is 1. The summed E-state index contributed by atoms with van der Waals surface area (Å²) in [5.74, 6) is -7.22. The van der Waals surface area contributed by atoms with Gasteiger partial charge in [0, 0.05) is 24.7 Å². The molecule has 1 aromatic carbocycles. The van der Waals surface area contributed by atoms with E-state index in [2.05, 4.69) is 5.10 Å². The van der Waals surface area contributed by atoms with Gasteiger partial charge in [-0.3, -0.25) is 9.48 Å². The van der Waals surface area contributed by atoms with Gasteiger partial charge in [0.15, 0.2) is 23.3 Å². The van der Waals surface area contributed by atoms with Crippen molar-refractivity contribution >= 4 is 11.6 Å². The second-order valence-corrected chi connectivity index (χ2v) is 4.79. The molecule has 0 aliphatic heterocycles. The van der Waals surface area contributed by atoms with E-state index in [-0.39, 0.29) is 19.0 Å². The van der Waals surface area contributed by atoms with Gasteiger partial charge in [-0.2, -0.15) is 5.10 Å². The first-order chi connectivity index (χ1) is 10.3. The van der Waals surface area contributed by atoms with Crippen molar-refractivity contribution in [2.45, 2.75) is 26.8 Å². The van der Waals surface area contributed by atoms with Gasteiger partial charge in [0.05, 0.1) is 5.69 Å². The van der Waals surface area contributed by atoms with E-state index >= 15 is 0 Å². The smallest absolute Gasteiger partial charge is 0.226 e. The van der Waals surface area contributed by atoms with E-state index in [1.165, 1.54) is 0 Å². The third-order valence-corrected chi connectivity index (χ3v) is 3.03. The Morgan fingerprint density at radius 3 is 2.23 bits per heavy atom. The Balaban J connectivity index is 2.08. The molecular weight excluding hydrogens is 302 g/mol. The van der Waals surface area contributed by atoms with E-state index in [0.717, 1.165) is 11.4 Å². The Morgan fingerprint density at radius 1 is 1.14 bits per heavy atom. The van der Waals surface area contributed by atoms with Crippen LogP contribution in [0.2, 0.25) is 0 Å². The number of anilines is 1. The standard InChI is InChI=1S/C14H13F4N3O/c1-7-5-8(2)21(20-7)4-3-11(22)19-14-12(17)9(15)6-10(16)13(14)18/h5-6H,3-4H2,1-2H3,(H,19,22). The summed E-state index contributed by atoms with van der Waals surface area (Å²) in [6, 6.07) is 1.88. The maximum atomic E-state index is 13.4. The van der Waals surface area contributed by atoms with Crippen molar-refractivity contribution in [3.63, 3.8) is 0 Å². The molecule has 8 heteroatoms. The molecule has 4 nitrogen and oxygen atoms in total. The predicted molar refractivity (Wildman–Crippen MR) is 71.2 cm³/mol. The Bertz CT molecular complexity index is 701. The van der Waals surface area contributed by atoms with Crippen molar-refractivity contribution in [2.24, 2.45) is 0 Å². The van der Waals surface area contributed by atoms with E-state index < -0.39 is 34.9 Å². The number of nitrogens with one attached hydrogen (secondary N) is 1. The van der Waals surface area contributed by atoms with Gasteiger partial charge in [-0.15, -0.1) is 0 Å². The van der Waals surface area contributed by atoms with Crippen molar-refractivity contribution in [3.8, 4) is 0 Å². The average molecular weight is 315 g/mol. The maximum absolute atomic E-state index is 13.4. The molecule has 0 atom stereocenters. The molecule has 0 aliphatic rings. The first-order valence-electron chi connectivity index (χ1n) is 6.43. The van der Waals surface area contributed by atoms with Gasteiger partial charge >= 0.3 is 0 Å². The van der Waals surface area contributed by atoms with Crippen LogP contribution in [0.5, 0.6) is 0 Å². The highest BCUT2D eigenvalue weighted by atomic mass is 19.2. The minimum Gasteiger partial charge on any atom is -0.321 e. The van der Waals surface area contributed by atoms with Crippen LogP contribution in [0.25, 0.3) is 0 Å². The van der Waals surface area contributed by atoms with Crippen LogP contribution in [0.3, 0.4) is 0 Å². The lowest BCUT2D eigenvalue weighted by Gasteiger charge is -2.09. The van der Waals surface area contributed by atoms with Crippen LogP contribution in [-0.2, 0) is 11.3 Å². The van der Waals surface area contributed by atoms with E-state index in [1.54, 1.807) is 24.6 Å². The lowest BCUT2D eigenvalue weighted by molar-refractivity contribution is -0.116. The van der Waals surface area contributed by atoms with E-state index in [4.69, 9.17) is 0 Å². The lowest BCUT2D eigenvalue weighted by Crippen LogP contribution is -2.18. The molecular formula is C14H13F4N3O. The third-order valence-electron chi connectivity index (χ3n) is 3.03. The molecule has 1 N–H and O–H groups in total. The number of carbonyl (C=O) groups excluding carboxylic acids is 1. The largest absolute Gasteiger partial charge is 0.321 e. The van der Waals surface area contributed by atoms with E-state index in [9.17, 15) is 22.4 Å². The summed E-state index contributed by atoms with van der Waals surface area (Å²) in [4.78, 5) is 11.7. The topological polar surface area (TPSA) is 46.9 Å². The fourth-order valence-corrected chi connectivity index (χ4v) is 1.99. The molecule has 2 aromatic rings. The number of aromatic nitrogens is 2. The zero-order chi connectivity index (χ0) is 16.4. The number of hydrogen-bond acceptors (Lipinski definition) is 2. The fraction of sp³-hybridized carbons (Fsp3) is 0.286. The minimum atomic E-state index is -1.64. The van der Waals surface area contributed by atoms with Gasteiger partial charge in [0.2, 0.25) is 5.91 Å². The highest BCUT2D eigenvalue weighted by molar-refractivity contribution is 5.90. The molecule has 0 radical (unpaired) electrons. The molecule has 2 rings (SSSR count). The van der Waals surface area contributed by atoms with Crippen molar-refractivity contribution in [1.29, 1.82) is 0 Å². The lowest BCUT2D eigenvalue weighted by atomic mass is 10.2. The zero-order valence-electron chi connectivity index (χ0n) is 11.9. The molecule has 0 saturated heterocycles. The first kappa shape index (κ1) is 16.0. The predicted octanol–water partition coefficient (Wildman–Crippen LogP) is 3.09. The average Bonchev–Trinajstić information content (AvgIpc) is 2.77. The van der Waals surface area contributed by atoms with Gasteiger partial charge in [0.25, 0.3) is 0 Å². The molecule has 22 heavy (non-hydrogen) atoms. The second-order valence-electron chi connectivity index (χ2n) is 4.79. The molecule has 0 spiro atoms. The summed E-state index contributed by atoms with van der Waals surface area (Å²) >= 11 is 0. The van der Waals surface area contributed by atoms with Gasteiger partial charge in [-0.1, -0.05) is 0 Å². The molecule has 0 unspecified atom stereocenters. The number of halogens is 4. The quantitative estimate of drug-likeness (QED) is 0.696. The molecule has 1 amide bonds. The summed E-state index contributed by atoms with van der Waals surface area (Å²) in [5, 5.41) is 5.97. The monoisotopic (exact) mass is 315 g/mol. The van der Waals surface area contributed by atoms with Gasteiger partial charge < -0.3 is 5.32 Å². The summed E-state index contributed by atoms with van der Waals surface area (Å²) in [5.41, 5.74) is 0.456. The van der Waals surface area contributed by atoms with Crippen LogP contribution in [0.15, 0.2) is 12.1 Å². The summed E-state index contributed by atoms with van der Waals surface area (Å²) in [6.45, 7) is 3.75. The first-order valence-corrected chi connectivity index (χ1v) is 6.43. The van der Waals surface area contributed by atoms with Gasteiger partial charge in [-0.25, -0.2) is 17.6 Å². The number of carbonyl (C=O) groups is 1. The molecule has 118 valence electrons. The second kappa shape index (κ2) is 6.17. The van der Waals surface area contributed by atoms with Crippen LogP contribution >= 0.6 is 0 Å². The van der Waals surface area contributed by atoms with Crippen molar-refractivity contribution < 1.29 is 22.4 Å². The fourth-order valence-electron chi connectivity index (χ4n) is 1.99. The molecule has 0 saturated carbocycles. The third kappa shape index (κ3) is 3.26. The Hall–Kier alpha value is -2.38. The maximum Gasteiger partial charge on any atom is 0.226 e. The number of hydrogen-bond donors (Lipinski definition) is 1. The Labute approximate surface area is 123 Å². The molecule has 0 bridgehead atoms. The summed E-state index contributed by atoms with van der Waals surface area (Å²) in [6.07, 6.45) is -0.154.